The molecule has 5 nitrogen and oxygen atoms in total. The van der Waals surface area contributed by atoms with Crippen LogP contribution in [0.1, 0.15) is 31.5 Å². The molecule has 1 aromatic heterocycles. The average Bonchev–Trinajstić information content (AvgIpc) is 3.03. The van der Waals surface area contributed by atoms with Gasteiger partial charge < -0.3 is 5.32 Å². The van der Waals surface area contributed by atoms with Crippen molar-refractivity contribution in [2.75, 3.05) is 5.75 Å². The zero-order valence-corrected chi connectivity index (χ0v) is 11.3. The van der Waals surface area contributed by atoms with Crippen molar-refractivity contribution in [3.05, 3.63) is 5.82 Å². The second-order valence-corrected chi connectivity index (χ2v) is 6.28. The average molecular weight is 266 g/mol. The normalized spacial score (nSPS) is 29.7. The predicted molar refractivity (Wildman–Crippen MR) is 69.2 cm³/mol. The molecule has 0 aliphatic heterocycles. The Kier molecular flexibility index (Phi) is 3.28. The number of nitrogens with one attached hydrogen (secondary N) is 2. The highest BCUT2D eigenvalue weighted by molar-refractivity contribution is 7.99. The number of H-pyrrole nitrogens is 1. The van der Waals surface area contributed by atoms with Crippen LogP contribution in [-0.4, -0.2) is 32.9 Å². The zero-order valence-electron chi connectivity index (χ0n) is 10.5. The minimum atomic E-state index is 0.111. The summed E-state index contributed by atoms with van der Waals surface area (Å²) >= 11 is 1.39. The molecule has 1 amide bonds. The number of aromatic amines is 1. The van der Waals surface area contributed by atoms with Gasteiger partial charge in [-0.3, -0.25) is 9.89 Å². The molecule has 2 fully saturated rings. The predicted octanol–water partition coefficient (Wildman–Crippen LogP) is 1.51. The van der Waals surface area contributed by atoms with Gasteiger partial charge in [0.05, 0.1) is 5.75 Å². The van der Waals surface area contributed by atoms with Crippen molar-refractivity contribution in [1.82, 2.24) is 20.5 Å². The highest BCUT2D eigenvalue weighted by atomic mass is 32.2. The van der Waals surface area contributed by atoms with Gasteiger partial charge in [-0.05, 0) is 38.0 Å². The maximum absolute atomic E-state index is 11.9. The lowest BCUT2D eigenvalue weighted by Crippen LogP contribution is -2.39. The van der Waals surface area contributed by atoms with E-state index in [1.807, 2.05) is 6.92 Å². The van der Waals surface area contributed by atoms with Gasteiger partial charge in [-0.25, -0.2) is 4.98 Å². The van der Waals surface area contributed by atoms with Gasteiger partial charge in [0.25, 0.3) is 0 Å². The monoisotopic (exact) mass is 266 g/mol. The number of aromatic nitrogens is 3. The molecule has 2 saturated carbocycles. The van der Waals surface area contributed by atoms with Crippen molar-refractivity contribution in [3.8, 4) is 0 Å². The molecule has 0 aromatic carbocycles. The molecule has 2 aliphatic rings. The highest BCUT2D eigenvalue weighted by Crippen LogP contribution is 2.44. The third-order valence-electron chi connectivity index (χ3n) is 3.99. The number of nitrogens with zero attached hydrogens (tertiary/aromatic N) is 2. The molecule has 1 heterocycles. The third-order valence-corrected chi connectivity index (χ3v) is 4.84. The molecule has 2 aliphatic carbocycles. The van der Waals surface area contributed by atoms with Crippen LogP contribution >= 0.6 is 11.8 Å². The number of fused-ring (bicyclic) bond motifs is 2. The third kappa shape index (κ3) is 2.53. The van der Waals surface area contributed by atoms with E-state index in [-0.39, 0.29) is 5.91 Å². The van der Waals surface area contributed by atoms with Crippen LogP contribution in [0.15, 0.2) is 5.16 Å². The van der Waals surface area contributed by atoms with Gasteiger partial charge in [-0.2, -0.15) is 0 Å². The summed E-state index contributed by atoms with van der Waals surface area (Å²) in [4.78, 5) is 16.0. The van der Waals surface area contributed by atoms with Crippen LogP contribution in [0, 0.1) is 18.8 Å². The SMILES string of the molecule is Cc1nc(SCC(=O)NC2CC3CCC2C3)n[nH]1. The van der Waals surface area contributed by atoms with Gasteiger partial charge in [0.1, 0.15) is 5.82 Å². The van der Waals surface area contributed by atoms with E-state index in [1.54, 1.807) is 0 Å². The van der Waals surface area contributed by atoms with Crippen LogP contribution in [0.2, 0.25) is 0 Å². The number of aryl methyl sites for hydroxylation is 1. The largest absolute Gasteiger partial charge is 0.352 e. The van der Waals surface area contributed by atoms with E-state index in [1.165, 1.54) is 37.4 Å². The molecule has 3 unspecified atom stereocenters. The Labute approximate surface area is 111 Å². The number of thioether (sulfide) groups is 1. The van der Waals surface area contributed by atoms with Crippen molar-refractivity contribution in [1.29, 1.82) is 0 Å². The van der Waals surface area contributed by atoms with Gasteiger partial charge in [0.2, 0.25) is 11.1 Å². The van der Waals surface area contributed by atoms with Gasteiger partial charge in [0, 0.05) is 6.04 Å². The quantitative estimate of drug-likeness (QED) is 0.810. The first-order chi connectivity index (χ1) is 8.70. The Morgan fingerprint density at radius 3 is 3.00 bits per heavy atom. The molecule has 0 radical (unpaired) electrons. The van der Waals surface area contributed by atoms with E-state index >= 15 is 0 Å². The number of rotatable bonds is 4. The van der Waals surface area contributed by atoms with Gasteiger partial charge in [0.15, 0.2) is 0 Å². The first kappa shape index (κ1) is 12.0. The lowest BCUT2D eigenvalue weighted by atomic mass is 9.95. The van der Waals surface area contributed by atoms with E-state index in [9.17, 15) is 4.79 Å². The minimum absolute atomic E-state index is 0.111. The molecular formula is C12H18N4OS. The molecule has 2 bridgehead atoms. The second-order valence-electron chi connectivity index (χ2n) is 5.34. The fraction of sp³-hybridized carbons (Fsp3) is 0.750. The number of carbonyl (C=O) groups excluding carboxylic acids is 1. The summed E-state index contributed by atoms with van der Waals surface area (Å²) in [7, 11) is 0. The maximum Gasteiger partial charge on any atom is 0.230 e. The van der Waals surface area contributed by atoms with Gasteiger partial charge in [-0.1, -0.05) is 18.2 Å². The first-order valence-corrected chi connectivity index (χ1v) is 7.50. The Morgan fingerprint density at radius 1 is 1.50 bits per heavy atom. The topological polar surface area (TPSA) is 70.7 Å². The summed E-state index contributed by atoms with van der Waals surface area (Å²) in [5.74, 6) is 2.90. The number of amides is 1. The van der Waals surface area contributed by atoms with Crippen molar-refractivity contribution in [2.24, 2.45) is 11.8 Å². The van der Waals surface area contributed by atoms with Crippen LogP contribution in [-0.2, 0) is 4.79 Å². The summed E-state index contributed by atoms with van der Waals surface area (Å²) in [5.41, 5.74) is 0. The van der Waals surface area contributed by atoms with Crippen molar-refractivity contribution < 1.29 is 4.79 Å². The van der Waals surface area contributed by atoms with E-state index in [0.717, 1.165) is 17.7 Å². The number of hydrogen-bond donors (Lipinski definition) is 2. The summed E-state index contributed by atoms with van der Waals surface area (Å²) < 4.78 is 0. The second kappa shape index (κ2) is 4.91. The molecule has 0 spiro atoms. The molecule has 2 N–H and O–H groups in total. The smallest absolute Gasteiger partial charge is 0.230 e. The van der Waals surface area contributed by atoms with E-state index < -0.39 is 0 Å². The number of carbonyl (C=O) groups is 1. The van der Waals surface area contributed by atoms with Crippen LogP contribution in [0.5, 0.6) is 0 Å². The van der Waals surface area contributed by atoms with E-state index in [0.29, 0.717) is 17.0 Å². The molecule has 18 heavy (non-hydrogen) atoms. The minimum Gasteiger partial charge on any atom is -0.352 e. The van der Waals surface area contributed by atoms with Crippen molar-refractivity contribution in [2.45, 2.75) is 43.8 Å². The fourth-order valence-electron chi connectivity index (χ4n) is 3.19. The van der Waals surface area contributed by atoms with Crippen molar-refractivity contribution in [3.63, 3.8) is 0 Å². The fourth-order valence-corrected chi connectivity index (χ4v) is 3.84. The summed E-state index contributed by atoms with van der Waals surface area (Å²) in [5, 5.41) is 10.6. The summed E-state index contributed by atoms with van der Waals surface area (Å²) in [6, 6.07) is 0.422. The lowest BCUT2D eigenvalue weighted by molar-refractivity contribution is -0.119. The van der Waals surface area contributed by atoms with Crippen LogP contribution < -0.4 is 5.32 Å². The molecule has 1 aromatic rings. The van der Waals surface area contributed by atoms with E-state index in [2.05, 4.69) is 20.5 Å². The summed E-state index contributed by atoms with van der Waals surface area (Å²) in [6.07, 6.45) is 5.16. The Morgan fingerprint density at radius 2 is 2.39 bits per heavy atom. The van der Waals surface area contributed by atoms with Crippen LogP contribution in [0.25, 0.3) is 0 Å². The highest BCUT2D eigenvalue weighted by Gasteiger charge is 2.39. The van der Waals surface area contributed by atoms with Gasteiger partial charge >= 0.3 is 0 Å². The van der Waals surface area contributed by atoms with Crippen molar-refractivity contribution >= 4 is 17.7 Å². The molecule has 3 rings (SSSR count). The molecule has 0 saturated heterocycles. The standard InChI is InChI=1S/C12H18N4OS/c1-7-13-12(16-15-7)18-6-11(17)14-10-5-8-2-3-9(10)4-8/h8-10H,2-6H2,1H3,(H,14,17)(H,13,15,16). The lowest BCUT2D eigenvalue weighted by Gasteiger charge is -2.22. The maximum atomic E-state index is 11.9. The Hall–Kier alpha value is -1.04. The first-order valence-electron chi connectivity index (χ1n) is 6.52. The van der Waals surface area contributed by atoms with Crippen LogP contribution in [0.3, 0.4) is 0 Å². The van der Waals surface area contributed by atoms with E-state index in [4.69, 9.17) is 0 Å². The van der Waals surface area contributed by atoms with Gasteiger partial charge in [-0.15, -0.1) is 5.10 Å². The number of hydrogen-bond acceptors (Lipinski definition) is 4. The molecule has 3 atom stereocenters. The molecular weight excluding hydrogens is 248 g/mol. The molecule has 6 heteroatoms. The van der Waals surface area contributed by atoms with Crippen LogP contribution in [0.4, 0.5) is 0 Å². The zero-order chi connectivity index (χ0) is 12.5. The Balaban J connectivity index is 1.45. The Bertz CT molecular complexity index is 447. The molecule has 98 valence electrons. The summed E-state index contributed by atoms with van der Waals surface area (Å²) in [6.45, 7) is 1.85.